The summed E-state index contributed by atoms with van der Waals surface area (Å²) >= 11 is 0. The van der Waals surface area contributed by atoms with Crippen LogP contribution in [-0.4, -0.2) is 36.6 Å². The van der Waals surface area contributed by atoms with Gasteiger partial charge in [-0.05, 0) is 19.1 Å². The van der Waals surface area contributed by atoms with Crippen molar-refractivity contribution >= 4 is 22.1 Å². The summed E-state index contributed by atoms with van der Waals surface area (Å²) in [6, 6.07) is 3.27. The lowest BCUT2D eigenvalue weighted by molar-refractivity contribution is 0.458. The van der Waals surface area contributed by atoms with E-state index in [4.69, 9.17) is 4.74 Å². The fraction of sp³-hybridized carbons (Fsp3) is 0.222. The molecule has 0 aliphatic carbocycles. The topological polar surface area (TPSA) is 84.2 Å². The number of hydrogen-bond acceptors (Lipinski definition) is 5. The minimum atomic E-state index is -3.73. The van der Waals surface area contributed by atoms with Crippen LogP contribution in [0.4, 0.5) is 0 Å². The second-order valence-corrected chi connectivity index (χ2v) is 4.89. The van der Waals surface area contributed by atoms with Gasteiger partial charge in [0.25, 0.3) is 0 Å². The van der Waals surface area contributed by atoms with E-state index in [1.54, 1.807) is 18.3 Å². The summed E-state index contributed by atoms with van der Waals surface area (Å²) in [5, 5.41) is 0. The molecule has 8 heteroatoms. The van der Waals surface area contributed by atoms with E-state index in [-0.39, 0.29) is 11.9 Å². The maximum atomic E-state index is 11.6. The Labute approximate surface area is 98.7 Å². The minimum absolute atomic E-state index is 0.0505. The average molecular weight is 254 g/mol. The minimum Gasteiger partial charge on any atom is -0.423 e. The number of aromatic nitrogens is 1. The van der Waals surface area contributed by atoms with Gasteiger partial charge in [-0.3, -0.25) is 4.98 Å². The highest BCUT2D eigenvalue weighted by molar-refractivity contribution is 7.88. The molecule has 0 spiro atoms. The van der Waals surface area contributed by atoms with Gasteiger partial charge in [0, 0.05) is 13.2 Å². The van der Waals surface area contributed by atoms with Gasteiger partial charge in [0.2, 0.25) is 0 Å². The molecule has 1 aliphatic rings. The predicted molar refractivity (Wildman–Crippen MR) is 62.1 cm³/mol. The van der Waals surface area contributed by atoms with Gasteiger partial charge < -0.3 is 4.74 Å². The normalized spacial score (nSPS) is 18.4. The number of hydrogen-bond donors (Lipinski definition) is 0. The summed E-state index contributed by atoms with van der Waals surface area (Å²) < 4.78 is 32.7. The maximum Gasteiger partial charge on any atom is 0.349 e. The van der Waals surface area contributed by atoms with Crippen LogP contribution in [0.3, 0.4) is 0 Å². The standard InChI is InChI=1S/C9H10N4O3S/c1-7-11-9(13(2)17(14,15)12-7)16-8-4-3-5-10-6-8/h3-6H,1-2H3. The third-order valence-electron chi connectivity index (χ3n) is 1.96. The van der Waals surface area contributed by atoms with Crippen molar-refractivity contribution < 1.29 is 13.2 Å². The van der Waals surface area contributed by atoms with Gasteiger partial charge in [0.1, 0.15) is 11.6 Å². The molecule has 17 heavy (non-hydrogen) atoms. The first kappa shape index (κ1) is 11.5. The zero-order chi connectivity index (χ0) is 12.5. The summed E-state index contributed by atoms with van der Waals surface area (Å²) in [5.41, 5.74) is 0. The molecule has 90 valence electrons. The van der Waals surface area contributed by atoms with E-state index in [1.807, 2.05) is 0 Å². The highest BCUT2D eigenvalue weighted by atomic mass is 32.2. The first-order valence-corrected chi connectivity index (χ1v) is 6.11. The molecule has 0 amide bonds. The summed E-state index contributed by atoms with van der Waals surface area (Å²) in [4.78, 5) is 7.77. The summed E-state index contributed by atoms with van der Waals surface area (Å²) in [6.07, 6.45) is 3.05. The van der Waals surface area contributed by atoms with Crippen LogP contribution in [-0.2, 0) is 10.2 Å². The van der Waals surface area contributed by atoms with Crippen molar-refractivity contribution in [1.82, 2.24) is 9.29 Å². The number of amidine groups is 2. The van der Waals surface area contributed by atoms with Crippen LogP contribution in [0, 0.1) is 0 Å². The molecule has 0 radical (unpaired) electrons. The number of pyridine rings is 1. The molecule has 0 saturated carbocycles. The molecule has 1 aromatic rings. The molecule has 0 saturated heterocycles. The first-order chi connectivity index (χ1) is 7.99. The van der Waals surface area contributed by atoms with E-state index in [9.17, 15) is 8.42 Å². The average Bonchev–Trinajstić information content (AvgIpc) is 2.26. The van der Waals surface area contributed by atoms with Gasteiger partial charge in [-0.25, -0.2) is 4.31 Å². The van der Waals surface area contributed by atoms with E-state index < -0.39 is 10.2 Å². The zero-order valence-electron chi connectivity index (χ0n) is 9.23. The molecule has 0 aromatic carbocycles. The van der Waals surface area contributed by atoms with Crippen molar-refractivity contribution in [3.63, 3.8) is 0 Å². The van der Waals surface area contributed by atoms with Crippen molar-refractivity contribution in [3.8, 4) is 5.75 Å². The lowest BCUT2D eigenvalue weighted by Crippen LogP contribution is -2.39. The molecular weight excluding hydrogens is 244 g/mol. The first-order valence-electron chi connectivity index (χ1n) is 4.71. The van der Waals surface area contributed by atoms with Crippen LogP contribution < -0.4 is 4.74 Å². The van der Waals surface area contributed by atoms with Gasteiger partial charge in [-0.2, -0.15) is 13.4 Å². The van der Waals surface area contributed by atoms with Crippen LogP contribution in [0.2, 0.25) is 0 Å². The van der Waals surface area contributed by atoms with Crippen LogP contribution in [0.1, 0.15) is 6.92 Å². The largest absolute Gasteiger partial charge is 0.423 e. The molecule has 0 N–H and O–H groups in total. The van der Waals surface area contributed by atoms with E-state index in [2.05, 4.69) is 14.4 Å². The molecule has 2 heterocycles. The van der Waals surface area contributed by atoms with Crippen molar-refractivity contribution in [1.29, 1.82) is 0 Å². The highest BCUT2D eigenvalue weighted by Crippen LogP contribution is 2.14. The van der Waals surface area contributed by atoms with Gasteiger partial charge in [-0.1, -0.05) is 0 Å². The molecule has 0 fully saturated rings. The monoisotopic (exact) mass is 254 g/mol. The Morgan fingerprint density at radius 2 is 2.18 bits per heavy atom. The number of nitrogens with zero attached hydrogens (tertiary/aromatic N) is 4. The van der Waals surface area contributed by atoms with Gasteiger partial charge in [0.05, 0.1) is 6.20 Å². The quantitative estimate of drug-likeness (QED) is 0.727. The van der Waals surface area contributed by atoms with E-state index >= 15 is 0 Å². The molecular formula is C9H10N4O3S. The van der Waals surface area contributed by atoms with Crippen molar-refractivity contribution in [2.24, 2.45) is 9.39 Å². The molecule has 2 rings (SSSR count). The number of rotatable bonds is 1. The fourth-order valence-corrected chi connectivity index (χ4v) is 1.93. The second kappa shape index (κ2) is 4.13. The Hall–Kier alpha value is -1.96. The maximum absolute atomic E-state index is 11.6. The SMILES string of the molecule is CC1=NS(=O)(=O)N(C)C(Oc2cccnc2)=N1. The summed E-state index contributed by atoms with van der Waals surface area (Å²) in [5.74, 6) is 0.532. The van der Waals surface area contributed by atoms with Crippen LogP contribution in [0.25, 0.3) is 0 Å². The molecule has 0 bridgehead atoms. The third-order valence-corrected chi connectivity index (χ3v) is 3.31. The summed E-state index contributed by atoms with van der Waals surface area (Å²) in [6.45, 7) is 1.48. The van der Waals surface area contributed by atoms with E-state index in [1.165, 1.54) is 20.2 Å². The summed E-state index contributed by atoms with van der Waals surface area (Å²) in [7, 11) is -2.41. The number of aliphatic imine (C=N–C) groups is 1. The molecule has 0 unspecified atom stereocenters. The van der Waals surface area contributed by atoms with Gasteiger partial charge in [-0.15, -0.1) is 4.40 Å². The van der Waals surface area contributed by atoms with Crippen LogP contribution in [0.5, 0.6) is 5.75 Å². The Morgan fingerprint density at radius 3 is 2.82 bits per heavy atom. The lowest BCUT2D eigenvalue weighted by Gasteiger charge is -2.21. The Kier molecular flexibility index (Phi) is 2.80. The molecule has 1 aromatic heterocycles. The van der Waals surface area contributed by atoms with Gasteiger partial charge in [0.15, 0.2) is 0 Å². The fourth-order valence-electron chi connectivity index (χ4n) is 1.16. The van der Waals surface area contributed by atoms with E-state index in [0.29, 0.717) is 5.75 Å². The van der Waals surface area contributed by atoms with Gasteiger partial charge >= 0.3 is 16.2 Å². The smallest absolute Gasteiger partial charge is 0.349 e. The Balaban J connectivity index is 2.31. The lowest BCUT2D eigenvalue weighted by atomic mass is 10.5. The van der Waals surface area contributed by atoms with Crippen LogP contribution >= 0.6 is 0 Å². The van der Waals surface area contributed by atoms with Crippen molar-refractivity contribution in [3.05, 3.63) is 24.5 Å². The van der Waals surface area contributed by atoms with E-state index in [0.717, 1.165) is 4.31 Å². The zero-order valence-corrected chi connectivity index (χ0v) is 10.0. The second-order valence-electron chi connectivity index (χ2n) is 3.27. The van der Waals surface area contributed by atoms with Crippen molar-refractivity contribution in [2.75, 3.05) is 7.05 Å². The number of ether oxygens (including phenoxy) is 1. The Morgan fingerprint density at radius 1 is 1.41 bits per heavy atom. The Bertz CT molecular complexity index is 580. The third kappa shape index (κ3) is 2.41. The highest BCUT2D eigenvalue weighted by Gasteiger charge is 2.27. The van der Waals surface area contributed by atoms with Crippen LogP contribution in [0.15, 0.2) is 33.9 Å². The van der Waals surface area contributed by atoms with Crippen molar-refractivity contribution in [2.45, 2.75) is 6.92 Å². The predicted octanol–water partition coefficient (Wildman–Crippen LogP) is 0.425. The molecule has 0 atom stereocenters. The molecule has 7 nitrogen and oxygen atoms in total. The molecule has 1 aliphatic heterocycles.